The zero-order valence-electron chi connectivity index (χ0n) is 14.0. The standard InChI is InChI=1S/C17H14F3N3O3S/c1-16(12-6-3-7-27-12)14(25)23(15(26)22-16)9-13(24)21-11-5-2-4-10(8-11)17(18,19)20/h2-8H,9H2,1H3,(H,21,24)(H,22,26). The van der Waals surface area contributed by atoms with Gasteiger partial charge in [-0.15, -0.1) is 11.3 Å². The molecule has 3 rings (SSSR count). The molecule has 1 fully saturated rings. The van der Waals surface area contributed by atoms with E-state index in [2.05, 4.69) is 10.6 Å². The lowest BCUT2D eigenvalue weighted by atomic mass is 10.0. The molecule has 0 spiro atoms. The van der Waals surface area contributed by atoms with Crippen LogP contribution >= 0.6 is 11.3 Å². The predicted molar refractivity (Wildman–Crippen MR) is 92.0 cm³/mol. The number of amides is 4. The molecule has 2 aromatic rings. The van der Waals surface area contributed by atoms with E-state index >= 15 is 0 Å². The SMILES string of the molecule is CC1(c2cccs2)NC(=O)N(CC(=O)Nc2cccc(C(F)(F)F)c2)C1=O. The number of nitrogens with one attached hydrogen (secondary N) is 2. The molecule has 0 radical (unpaired) electrons. The first kappa shape index (κ1) is 18.9. The van der Waals surface area contributed by atoms with Gasteiger partial charge in [0.05, 0.1) is 5.56 Å². The van der Waals surface area contributed by atoms with Crippen LogP contribution in [0.25, 0.3) is 0 Å². The summed E-state index contributed by atoms with van der Waals surface area (Å²) < 4.78 is 38.2. The van der Waals surface area contributed by atoms with Crippen molar-refractivity contribution in [3.05, 3.63) is 52.2 Å². The van der Waals surface area contributed by atoms with Gasteiger partial charge in [0, 0.05) is 10.6 Å². The van der Waals surface area contributed by atoms with Gasteiger partial charge < -0.3 is 10.6 Å². The second-order valence-corrected chi connectivity index (χ2v) is 7.00. The molecule has 1 aromatic heterocycles. The van der Waals surface area contributed by atoms with Crippen molar-refractivity contribution in [3.63, 3.8) is 0 Å². The largest absolute Gasteiger partial charge is 0.416 e. The molecule has 1 atom stereocenters. The fourth-order valence-electron chi connectivity index (χ4n) is 2.69. The Morgan fingerprint density at radius 1 is 1.26 bits per heavy atom. The molecule has 1 aliphatic heterocycles. The van der Waals surface area contributed by atoms with E-state index in [1.807, 2.05) is 0 Å². The van der Waals surface area contributed by atoms with Crippen LogP contribution in [0.1, 0.15) is 17.4 Å². The Balaban J connectivity index is 1.71. The average molecular weight is 397 g/mol. The maximum atomic E-state index is 12.7. The van der Waals surface area contributed by atoms with Crippen molar-refractivity contribution in [2.75, 3.05) is 11.9 Å². The zero-order chi connectivity index (χ0) is 19.8. The first-order valence-electron chi connectivity index (χ1n) is 7.76. The molecule has 1 aromatic carbocycles. The summed E-state index contributed by atoms with van der Waals surface area (Å²) in [4.78, 5) is 38.3. The van der Waals surface area contributed by atoms with Crippen LogP contribution in [0.5, 0.6) is 0 Å². The molecule has 10 heteroatoms. The van der Waals surface area contributed by atoms with Crippen molar-refractivity contribution in [3.8, 4) is 0 Å². The van der Waals surface area contributed by atoms with E-state index in [0.717, 1.165) is 23.1 Å². The van der Waals surface area contributed by atoms with E-state index in [4.69, 9.17) is 0 Å². The number of halogens is 3. The molecule has 2 N–H and O–H groups in total. The minimum Gasteiger partial charge on any atom is -0.325 e. The van der Waals surface area contributed by atoms with Crippen molar-refractivity contribution in [2.24, 2.45) is 0 Å². The van der Waals surface area contributed by atoms with Gasteiger partial charge in [0.15, 0.2) is 5.54 Å². The lowest BCUT2D eigenvalue weighted by Crippen LogP contribution is -2.41. The van der Waals surface area contributed by atoms with Crippen molar-refractivity contribution >= 4 is 34.9 Å². The Labute approximate surface area is 156 Å². The number of thiophene rings is 1. The quantitative estimate of drug-likeness (QED) is 0.778. The van der Waals surface area contributed by atoms with Crippen LogP contribution in [0.4, 0.5) is 23.7 Å². The smallest absolute Gasteiger partial charge is 0.325 e. The number of imide groups is 1. The van der Waals surface area contributed by atoms with Crippen LogP contribution in [0.2, 0.25) is 0 Å². The molecule has 6 nitrogen and oxygen atoms in total. The minimum absolute atomic E-state index is 0.0807. The fraction of sp³-hybridized carbons (Fsp3) is 0.235. The van der Waals surface area contributed by atoms with Crippen molar-refractivity contribution < 1.29 is 27.6 Å². The van der Waals surface area contributed by atoms with Gasteiger partial charge in [-0.1, -0.05) is 12.1 Å². The third-order valence-corrected chi connectivity index (χ3v) is 5.16. The van der Waals surface area contributed by atoms with Gasteiger partial charge in [-0.25, -0.2) is 4.79 Å². The molecular weight excluding hydrogens is 383 g/mol. The number of nitrogens with zero attached hydrogens (tertiary/aromatic N) is 1. The molecule has 1 unspecified atom stereocenters. The Morgan fingerprint density at radius 2 is 2.00 bits per heavy atom. The maximum Gasteiger partial charge on any atom is 0.416 e. The van der Waals surface area contributed by atoms with Crippen molar-refractivity contribution in [1.82, 2.24) is 10.2 Å². The number of urea groups is 1. The highest BCUT2D eigenvalue weighted by Crippen LogP contribution is 2.32. The van der Waals surface area contributed by atoms with Gasteiger partial charge in [0.1, 0.15) is 6.54 Å². The summed E-state index contributed by atoms with van der Waals surface area (Å²) in [6.45, 7) is 0.922. The molecule has 4 amide bonds. The van der Waals surface area contributed by atoms with Gasteiger partial charge in [0.25, 0.3) is 5.91 Å². The summed E-state index contributed by atoms with van der Waals surface area (Å²) in [6, 6.07) is 6.77. The lowest BCUT2D eigenvalue weighted by Gasteiger charge is -2.20. The highest BCUT2D eigenvalue weighted by atomic mass is 32.1. The highest BCUT2D eigenvalue weighted by Gasteiger charge is 2.50. The molecule has 2 heterocycles. The summed E-state index contributed by atoms with van der Waals surface area (Å²) in [5, 5.41) is 6.58. The van der Waals surface area contributed by atoms with E-state index < -0.39 is 41.7 Å². The number of alkyl halides is 3. The Hall–Kier alpha value is -2.88. The molecule has 1 saturated heterocycles. The third-order valence-electron chi connectivity index (χ3n) is 4.06. The van der Waals surface area contributed by atoms with Crippen molar-refractivity contribution in [1.29, 1.82) is 0 Å². The second kappa shape index (κ2) is 6.69. The van der Waals surface area contributed by atoms with Crippen molar-refractivity contribution in [2.45, 2.75) is 18.6 Å². The summed E-state index contributed by atoms with van der Waals surface area (Å²) in [5.74, 6) is -1.39. The van der Waals surface area contributed by atoms with E-state index in [1.54, 1.807) is 17.5 Å². The average Bonchev–Trinajstić information content (AvgIpc) is 3.19. The molecule has 1 aliphatic rings. The third kappa shape index (κ3) is 3.65. The summed E-state index contributed by atoms with van der Waals surface area (Å²) >= 11 is 1.28. The fourth-order valence-corrected chi connectivity index (χ4v) is 3.52. The second-order valence-electron chi connectivity index (χ2n) is 6.05. The molecule has 0 aliphatic carbocycles. The maximum absolute atomic E-state index is 12.7. The lowest BCUT2D eigenvalue weighted by molar-refractivity contribution is -0.137. The molecule has 0 bridgehead atoms. The van der Waals surface area contributed by atoms with Gasteiger partial charge in [0.2, 0.25) is 5.91 Å². The number of rotatable bonds is 4. The first-order valence-corrected chi connectivity index (χ1v) is 8.64. The molecule has 142 valence electrons. The van der Waals surface area contributed by atoms with Crippen LogP contribution in [0.3, 0.4) is 0 Å². The minimum atomic E-state index is -4.55. The van der Waals surface area contributed by atoms with Gasteiger partial charge in [-0.05, 0) is 36.6 Å². The molecular formula is C17H14F3N3O3S. The highest BCUT2D eigenvalue weighted by molar-refractivity contribution is 7.10. The Bertz CT molecular complexity index is 898. The van der Waals surface area contributed by atoms with E-state index in [9.17, 15) is 27.6 Å². The normalized spacial score (nSPS) is 19.9. The number of hydrogen-bond donors (Lipinski definition) is 2. The molecule has 27 heavy (non-hydrogen) atoms. The summed E-state index contributed by atoms with van der Waals surface area (Å²) in [6.07, 6.45) is -4.55. The van der Waals surface area contributed by atoms with Crippen LogP contribution < -0.4 is 10.6 Å². The topological polar surface area (TPSA) is 78.5 Å². The summed E-state index contributed by atoms with van der Waals surface area (Å²) in [7, 11) is 0. The number of hydrogen-bond acceptors (Lipinski definition) is 4. The van der Waals surface area contributed by atoms with Gasteiger partial charge in [-0.3, -0.25) is 14.5 Å². The first-order chi connectivity index (χ1) is 12.6. The number of carbonyl (C=O) groups is 3. The van der Waals surface area contributed by atoms with E-state index in [1.165, 1.54) is 24.3 Å². The van der Waals surface area contributed by atoms with Gasteiger partial charge >= 0.3 is 12.2 Å². The van der Waals surface area contributed by atoms with E-state index in [0.29, 0.717) is 4.88 Å². The van der Waals surface area contributed by atoms with E-state index in [-0.39, 0.29) is 5.69 Å². The van der Waals surface area contributed by atoms with Crippen LogP contribution in [0.15, 0.2) is 41.8 Å². The van der Waals surface area contributed by atoms with Crippen LogP contribution in [-0.2, 0) is 21.3 Å². The molecule has 0 saturated carbocycles. The number of anilines is 1. The zero-order valence-corrected chi connectivity index (χ0v) is 14.8. The van der Waals surface area contributed by atoms with Crippen LogP contribution in [-0.4, -0.2) is 29.3 Å². The Morgan fingerprint density at radius 3 is 2.63 bits per heavy atom. The van der Waals surface area contributed by atoms with Gasteiger partial charge in [-0.2, -0.15) is 13.2 Å². The van der Waals surface area contributed by atoms with Crippen LogP contribution in [0, 0.1) is 0 Å². The number of benzene rings is 1. The monoisotopic (exact) mass is 397 g/mol. The Kier molecular flexibility index (Phi) is 4.68. The predicted octanol–water partition coefficient (Wildman–Crippen LogP) is 3.17. The summed E-state index contributed by atoms with van der Waals surface area (Å²) in [5.41, 5.74) is -2.27. The number of carbonyl (C=O) groups excluding carboxylic acids is 3.